The number of nitrogens with zero attached hydrogens (tertiary/aromatic N) is 3. The van der Waals surface area contributed by atoms with E-state index in [0.29, 0.717) is 18.7 Å². The first-order valence-electron chi connectivity index (χ1n) is 8.14. The van der Waals surface area contributed by atoms with Crippen LogP contribution in [0.1, 0.15) is 45.1 Å². The molecule has 1 aliphatic carbocycles. The Morgan fingerprint density at radius 3 is 2.65 bits per heavy atom. The number of non-ortho nitro benzene ring substituents is 1. The summed E-state index contributed by atoms with van der Waals surface area (Å²) in [6.07, 6.45) is 4.85. The van der Waals surface area contributed by atoms with Crippen molar-refractivity contribution in [1.82, 2.24) is 4.90 Å². The molecule has 0 aromatic heterocycles. The molecule has 1 aliphatic heterocycles. The van der Waals surface area contributed by atoms with Crippen LogP contribution in [0.5, 0.6) is 0 Å². The van der Waals surface area contributed by atoms with E-state index in [-0.39, 0.29) is 16.1 Å². The Kier molecular flexibility index (Phi) is 4.00. The molecular formula is C17H23N3O3. The minimum Gasteiger partial charge on any atom is -0.462 e. The van der Waals surface area contributed by atoms with E-state index in [2.05, 4.69) is 23.7 Å². The largest absolute Gasteiger partial charge is 0.462 e. The fourth-order valence-electron chi connectivity index (χ4n) is 3.52. The van der Waals surface area contributed by atoms with Gasteiger partial charge in [-0.05, 0) is 45.2 Å². The molecule has 0 radical (unpaired) electrons. The van der Waals surface area contributed by atoms with Gasteiger partial charge in [0.2, 0.25) is 0 Å². The highest BCUT2D eigenvalue weighted by Crippen LogP contribution is 2.35. The van der Waals surface area contributed by atoms with Crippen LogP contribution in [0.25, 0.3) is 0 Å². The Morgan fingerprint density at radius 1 is 1.35 bits per heavy atom. The molecule has 23 heavy (non-hydrogen) atoms. The van der Waals surface area contributed by atoms with Gasteiger partial charge in [0.05, 0.1) is 16.1 Å². The maximum Gasteiger partial charge on any atom is 0.293 e. The number of aliphatic imine (C=N–C) groups is 1. The van der Waals surface area contributed by atoms with E-state index in [1.807, 2.05) is 6.92 Å². The van der Waals surface area contributed by atoms with Gasteiger partial charge >= 0.3 is 0 Å². The van der Waals surface area contributed by atoms with Crippen molar-refractivity contribution in [2.24, 2.45) is 4.99 Å². The first kappa shape index (κ1) is 15.8. The predicted molar refractivity (Wildman–Crippen MR) is 89.1 cm³/mol. The molecule has 1 heterocycles. The molecule has 124 valence electrons. The highest BCUT2D eigenvalue weighted by atomic mass is 16.6. The third kappa shape index (κ3) is 3.02. The molecule has 1 saturated heterocycles. The third-order valence-corrected chi connectivity index (χ3v) is 4.71. The molecule has 0 spiro atoms. The van der Waals surface area contributed by atoms with Gasteiger partial charge in [0.15, 0.2) is 0 Å². The van der Waals surface area contributed by atoms with Gasteiger partial charge in [-0.3, -0.25) is 10.1 Å². The lowest BCUT2D eigenvalue weighted by molar-refractivity contribution is -0.384. The molecule has 0 amide bonds. The van der Waals surface area contributed by atoms with Crippen molar-refractivity contribution in [3.63, 3.8) is 0 Å². The minimum atomic E-state index is -0.385. The van der Waals surface area contributed by atoms with Crippen molar-refractivity contribution in [3.8, 4) is 0 Å². The normalized spacial score (nSPS) is 22.6. The lowest BCUT2D eigenvalue weighted by Crippen LogP contribution is -2.47. The lowest BCUT2D eigenvalue weighted by atomic mass is 10.0. The Labute approximate surface area is 136 Å². The van der Waals surface area contributed by atoms with Gasteiger partial charge in [-0.15, -0.1) is 0 Å². The van der Waals surface area contributed by atoms with Crippen LogP contribution >= 0.6 is 0 Å². The monoisotopic (exact) mass is 317 g/mol. The van der Waals surface area contributed by atoms with Crippen LogP contribution in [-0.4, -0.2) is 34.0 Å². The smallest absolute Gasteiger partial charge is 0.293 e. The lowest BCUT2D eigenvalue weighted by Gasteiger charge is -2.35. The highest BCUT2D eigenvalue weighted by Gasteiger charge is 2.43. The van der Waals surface area contributed by atoms with Gasteiger partial charge in [-0.25, -0.2) is 0 Å². The third-order valence-electron chi connectivity index (χ3n) is 4.71. The number of amidine groups is 1. The predicted octanol–water partition coefficient (Wildman–Crippen LogP) is 3.94. The van der Waals surface area contributed by atoms with Crippen molar-refractivity contribution < 1.29 is 9.66 Å². The standard InChI is InChI=1S/C17H23N3O3/c1-12-10-14(20(21)22)8-9-15(12)18-16-19(13-6-4-5-7-13)17(2,3)11-23-16/h8-10,13H,4-7,11H2,1-3H3/b18-16-. The highest BCUT2D eigenvalue weighted by molar-refractivity contribution is 5.81. The number of ether oxygens (including phenoxy) is 1. The van der Waals surface area contributed by atoms with Crippen LogP contribution in [0, 0.1) is 17.0 Å². The Balaban J connectivity index is 1.93. The summed E-state index contributed by atoms with van der Waals surface area (Å²) in [5.74, 6) is 0. The van der Waals surface area contributed by atoms with Crippen LogP contribution in [0.2, 0.25) is 0 Å². The minimum absolute atomic E-state index is 0.0669. The fourth-order valence-corrected chi connectivity index (χ4v) is 3.52. The summed E-state index contributed by atoms with van der Waals surface area (Å²) in [5, 5.41) is 10.9. The van der Waals surface area contributed by atoms with Crippen LogP contribution < -0.4 is 0 Å². The quantitative estimate of drug-likeness (QED) is 0.625. The molecule has 6 nitrogen and oxygen atoms in total. The molecular weight excluding hydrogens is 294 g/mol. The van der Waals surface area contributed by atoms with Crippen LogP contribution in [0.3, 0.4) is 0 Å². The molecule has 2 aliphatic rings. The van der Waals surface area contributed by atoms with Gasteiger partial charge in [0.25, 0.3) is 11.7 Å². The summed E-state index contributed by atoms with van der Waals surface area (Å²) in [4.78, 5) is 17.5. The molecule has 0 unspecified atom stereocenters. The maximum atomic E-state index is 10.9. The summed E-state index contributed by atoms with van der Waals surface area (Å²) in [5.41, 5.74) is 1.53. The number of nitro groups is 1. The fraction of sp³-hybridized carbons (Fsp3) is 0.588. The zero-order valence-electron chi connectivity index (χ0n) is 13.9. The second-order valence-corrected chi connectivity index (χ2v) is 7.03. The van der Waals surface area contributed by atoms with Gasteiger partial charge in [0.1, 0.15) is 6.61 Å². The molecule has 1 aromatic rings. The van der Waals surface area contributed by atoms with E-state index in [4.69, 9.17) is 4.74 Å². The van der Waals surface area contributed by atoms with Gasteiger partial charge in [0, 0.05) is 18.2 Å². The molecule has 1 aromatic carbocycles. The summed E-state index contributed by atoms with van der Waals surface area (Å²) in [6, 6.07) is 5.87. The Hall–Kier alpha value is -2.11. The van der Waals surface area contributed by atoms with E-state index < -0.39 is 0 Å². The molecule has 0 atom stereocenters. The number of nitro benzene ring substituents is 1. The summed E-state index contributed by atoms with van der Waals surface area (Å²) in [7, 11) is 0. The summed E-state index contributed by atoms with van der Waals surface area (Å²) in [6.45, 7) is 6.81. The maximum absolute atomic E-state index is 10.9. The average Bonchev–Trinajstić information content (AvgIpc) is 3.08. The van der Waals surface area contributed by atoms with Gasteiger partial charge in [-0.1, -0.05) is 12.8 Å². The van der Waals surface area contributed by atoms with E-state index >= 15 is 0 Å². The average molecular weight is 317 g/mol. The van der Waals surface area contributed by atoms with E-state index in [0.717, 1.165) is 11.3 Å². The molecule has 0 N–H and O–H groups in total. The van der Waals surface area contributed by atoms with Crippen molar-refractivity contribution in [1.29, 1.82) is 0 Å². The van der Waals surface area contributed by atoms with Crippen molar-refractivity contribution in [2.75, 3.05) is 6.61 Å². The zero-order chi connectivity index (χ0) is 16.6. The van der Waals surface area contributed by atoms with Gasteiger partial charge in [-0.2, -0.15) is 4.99 Å². The van der Waals surface area contributed by atoms with Crippen LogP contribution in [0.15, 0.2) is 23.2 Å². The molecule has 1 saturated carbocycles. The number of hydrogen-bond donors (Lipinski definition) is 0. The molecule has 3 rings (SSSR count). The Morgan fingerprint density at radius 2 is 2.04 bits per heavy atom. The van der Waals surface area contributed by atoms with Crippen LogP contribution in [0.4, 0.5) is 11.4 Å². The van der Waals surface area contributed by atoms with Crippen molar-refractivity contribution in [2.45, 2.75) is 58.0 Å². The van der Waals surface area contributed by atoms with Crippen molar-refractivity contribution in [3.05, 3.63) is 33.9 Å². The molecule has 0 bridgehead atoms. The van der Waals surface area contributed by atoms with E-state index in [1.54, 1.807) is 12.1 Å². The van der Waals surface area contributed by atoms with Gasteiger partial charge < -0.3 is 9.64 Å². The summed E-state index contributed by atoms with van der Waals surface area (Å²) >= 11 is 0. The second kappa shape index (κ2) is 5.83. The zero-order valence-corrected chi connectivity index (χ0v) is 13.9. The Bertz CT molecular complexity index is 648. The second-order valence-electron chi connectivity index (χ2n) is 7.03. The van der Waals surface area contributed by atoms with E-state index in [1.165, 1.54) is 31.7 Å². The number of benzene rings is 1. The molecule has 2 fully saturated rings. The van der Waals surface area contributed by atoms with E-state index in [9.17, 15) is 10.1 Å². The number of rotatable bonds is 3. The first-order valence-corrected chi connectivity index (χ1v) is 8.14. The number of aryl methyl sites for hydroxylation is 1. The number of hydrogen-bond acceptors (Lipinski definition) is 4. The molecule has 6 heteroatoms. The topological polar surface area (TPSA) is 68.0 Å². The van der Waals surface area contributed by atoms with Crippen LogP contribution in [-0.2, 0) is 4.74 Å². The van der Waals surface area contributed by atoms with Crippen molar-refractivity contribution >= 4 is 17.4 Å². The first-order chi connectivity index (χ1) is 10.9. The summed E-state index contributed by atoms with van der Waals surface area (Å²) < 4.78 is 5.87. The SMILES string of the molecule is Cc1cc([N+](=O)[O-])ccc1/N=C1\OCC(C)(C)N1C1CCCC1.